The summed E-state index contributed by atoms with van der Waals surface area (Å²) in [6.45, 7) is 11.1. The Morgan fingerprint density at radius 3 is 2.11 bits per heavy atom. The normalized spacial score (nSPS) is 13.8. The highest BCUT2D eigenvalue weighted by Crippen LogP contribution is 2.23. The van der Waals surface area contributed by atoms with Gasteiger partial charge in [-0.3, -0.25) is 14.4 Å². The predicted molar refractivity (Wildman–Crippen MR) is 135 cm³/mol. The van der Waals surface area contributed by atoms with E-state index >= 15 is 0 Å². The van der Waals surface area contributed by atoms with Crippen LogP contribution in [-0.4, -0.2) is 53.4 Å². The molecule has 9 heteroatoms. The van der Waals surface area contributed by atoms with E-state index in [4.69, 9.17) is 10.5 Å². The smallest absolute Gasteiger partial charge is 0.408 e. The summed E-state index contributed by atoms with van der Waals surface area (Å²) >= 11 is 0. The molecule has 0 aromatic heterocycles. The first-order chi connectivity index (χ1) is 16.3. The minimum Gasteiger partial charge on any atom is -0.444 e. The molecule has 4 amide bonds. The SMILES string of the molecule is CCCC(C)NC(=O)C(c1ccc(CC)cc1)N(C)C(=O)C(CCC(N)=O)NC(=O)OC(C)(C)C. The van der Waals surface area contributed by atoms with Crippen molar-refractivity contribution in [1.82, 2.24) is 15.5 Å². The molecule has 35 heavy (non-hydrogen) atoms. The number of hydrogen-bond acceptors (Lipinski definition) is 5. The third-order valence-corrected chi connectivity index (χ3v) is 5.47. The average Bonchev–Trinajstić information content (AvgIpc) is 2.75. The lowest BCUT2D eigenvalue weighted by Crippen LogP contribution is -2.52. The van der Waals surface area contributed by atoms with Crippen molar-refractivity contribution in [3.05, 3.63) is 35.4 Å². The third kappa shape index (κ3) is 10.4. The second-order valence-corrected chi connectivity index (χ2v) is 9.85. The quantitative estimate of drug-likeness (QED) is 0.414. The molecule has 1 aromatic carbocycles. The zero-order valence-electron chi connectivity index (χ0n) is 22.1. The number of aryl methyl sites for hydroxylation is 1. The molecule has 196 valence electrons. The fourth-order valence-electron chi connectivity index (χ4n) is 3.68. The lowest BCUT2D eigenvalue weighted by molar-refractivity contribution is -0.141. The molecule has 0 radical (unpaired) electrons. The molecule has 9 nitrogen and oxygen atoms in total. The van der Waals surface area contributed by atoms with Crippen molar-refractivity contribution in [1.29, 1.82) is 0 Å². The molecule has 0 bridgehead atoms. The van der Waals surface area contributed by atoms with Gasteiger partial charge in [-0.15, -0.1) is 0 Å². The maximum Gasteiger partial charge on any atom is 0.408 e. The van der Waals surface area contributed by atoms with Crippen LogP contribution in [0.15, 0.2) is 24.3 Å². The van der Waals surface area contributed by atoms with Gasteiger partial charge in [0.05, 0.1) is 0 Å². The van der Waals surface area contributed by atoms with Crippen molar-refractivity contribution in [3.8, 4) is 0 Å². The van der Waals surface area contributed by atoms with Gasteiger partial charge in [-0.2, -0.15) is 0 Å². The molecule has 3 atom stereocenters. The van der Waals surface area contributed by atoms with Crippen molar-refractivity contribution < 1.29 is 23.9 Å². The molecule has 0 fully saturated rings. The van der Waals surface area contributed by atoms with E-state index < -0.39 is 35.6 Å². The van der Waals surface area contributed by atoms with Crippen molar-refractivity contribution in [2.45, 2.75) is 97.4 Å². The number of carbonyl (C=O) groups is 4. The third-order valence-electron chi connectivity index (χ3n) is 5.47. The standard InChI is InChI=1S/C26H42N4O5/c1-8-10-17(3)28-23(32)22(19-13-11-18(9-2)12-14-19)30(7)24(33)20(15-16-21(27)31)29-25(34)35-26(4,5)6/h11-14,17,20,22H,8-10,15-16H2,1-7H3,(H2,27,31)(H,28,32)(H,29,34). The minimum absolute atomic E-state index is 0.0207. The summed E-state index contributed by atoms with van der Waals surface area (Å²) in [6, 6.07) is 5.41. The van der Waals surface area contributed by atoms with Gasteiger partial charge < -0.3 is 26.0 Å². The zero-order chi connectivity index (χ0) is 26.8. The number of nitrogens with zero attached hydrogens (tertiary/aromatic N) is 1. The molecule has 0 spiro atoms. The van der Waals surface area contributed by atoms with E-state index in [2.05, 4.69) is 10.6 Å². The number of hydrogen-bond donors (Lipinski definition) is 3. The molecule has 1 rings (SSSR count). The number of ether oxygens (including phenoxy) is 1. The molecule has 0 heterocycles. The van der Waals surface area contributed by atoms with Crippen LogP contribution in [0.1, 0.15) is 84.4 Å². The van der Waals surface area contributed by atoms with Crippen LogP contribution in [0, 0.1) is 0 Å². The number of nitrogens with one attached hydrogen (secondary N) is 2. The Morgan fingerprint density at radius 2 is 1.63 bits per heavy atom. The molecule has 4 N–H and O–H groups in total. The van der Waals surface area contributed by atoms with Crippen molar-refractivity contribution >= 4 is 23.8 Å². The van der Waals surface area contributed by atoms with Gasteiger partial charge in [-0.25, -0.2) is 4.79 Å². The number of likely N-dealkylation sites (N-methyl/N-ethyl adjacent to an activating group) is 1. The molecule has 0 saturated carbocycles. The van der Waals surface area contributed by atoms with E-state index in [1.807, 2.05) is 45.0 Å². The molecule has 0 aliphatic rings. The van der Waals surface area contributed by atoms with Gasteiger partial charge in [0.25, 0.3) is 0 Å². The Labute approximate surface area is 209 Å². The number of primary amides is 1. The molecule has 0 aliphatic carbocycles. The summed E-state index contributed by atoms with van der Waals surface area (Å²) in [6.07, 6.45) is 1.61. The number of amides is 4. The largest absolute Gasteiger partial charge is 0.444 e. The zero-order valence-corrected chi connectivity index (χ0v) is 22.1. The second kappa shape index (κ2) is 13.7. The predicted octanol–water partition coefficient (Wildman–Crippen LogP) is 3.21. The van der Waals surface area contributed by atoms with Crippen LogP contribution in [0.5, 0.6) is 0 Å². The maximum absolute atomic E-state index is 13.5. The molecule has 3 unspecified atom stereocenters. The van der Waals surface area contributed by atoms with E-state index in [-0.39, 0.29) is 24.8 Å². The summed E-state index contributed by atoms with van der Waals surface area (Å²) in [4.78, 5) is 52.0. The molecule has 0 saturated heterocycles. The van der Waals surface area contributed by atoms with Gasteiger partial charge >= 0.3 is 6.09 Å². The van der Waals surface area contributed by atoms with Crippen LogP contribution < -0.4 is 16.4 Å². The fraction of sp³-hybridized carbons (Fsp3) is 0.615. The Balaban J connectivity index is 3.27. The maximum atomic E-state index is 13.5. The van der Waals surface area contributed by atoms with Gasteiger partial charge in [-0.1, -0.05) is 44.5 Å². The summed E-state index contributed by atoms with van der Waals surface area (Å²) < 4.78 is 5.29. The highest BCUT2D eigenvalue weighted by Gasteiger charge is 2.34. The number of carbonyl (C=O) groups excluding carboxylic acids is 4. The fourth-order valence-corrected chi connectivity index (χ4v) is 3.68. The monoisotopic (exact) mass is 490 g/mol. The lowest BCUT2D eigenvalue weighted by atomic mass is 10.00. The first-order valence-corrected chi connectivity index (χ1v) is 12.2. The topological polar surface area (TPSA) is 131 Å². The minimum atomic E-state index is -1.10. The van der Waals surface area contributed by atoms with E-state index in [0.29, 0.717) is 5.56 Å². The molecule has 1 aromatic rings. The number of nitrogens with two attached hydrogens (primary N) is 1. The Hall–Kier alpha value is -3.10. The van der Waals surface area contributed by atoms with Crippen LogP contribution in [0.4, 0.5) is 4.79 Å². The van der Waals surface area contributed by atoms with Crippen LogP contribution in [0.3, 0.4) is 0 Å². The average molecular weight is 491 g/mol. The Kier molecular flexibility index (Phi) is 11.7. The Morgan fingerprint density at radius 1 is 1.03 bits per heavy atom. The number of rotatable bonds is 12. The van der Waals surface area contributed by atoms with Crippen molar-refractivity contribution in [2.24, 2.45) is 5.73 Å². The van der Waals surface area contributed by atoms with Crippen LogP contribution >= 0.6 is 0 Å². The van der Waals surface area contributed by atoms with E-state index in [1.54, 1.807) is 20.8 Å². The van der Waals surface area contributed by atoms with Crippen LogP contribution in [0.2, 0.25) is 0 Å². The van der Waals surface area contributed by atoms with E-state index in [0.717, 1.165) is 24.8 Å². The summed E-state index contributed by atoms with van der Waals surface area (Å²) in [7, 11) is 1.51. The van der Waals surface area contributed by atoms with E-state index in [9.17, 15) is 19.2 Å². The number of alkyl carbamates (subject to hydrolysis) is 1. The molecular formula is C26H42N4O5. The van der Waals surface area contributed by atoms with Gasteiger partial charge in [-0.05, 0) is 58.1 Å². The first-order valence-electron chi connectivity index (χ1n) is 12.2. The summed E-state index contributed by atoms with van der Waals surface area (Å²) in [5, 5.41) is 5.53. The first kappa shape index (κ1) is 29.9. The summed E-state index contributed by atoms with van der Waals surface area (Å²) in [5.74, 6) is -1.45. The van der Waals surface area contributed by atoms with Gasteiger partial charge in [0.1, 0.15) is 17.7 Å². The van der Waals surface area contributed by atoms with Gasteiger partial charge in [0.2, 0.25) is 17.7 Å². The van der Waals surface area contributed by atoms with Crippen molar-refractivity contribution in [2.75, 3.05) is 7.05 Å². The Bertz CT molecular complexity index is 863. The highest BCUT2D eigenvalue weighted by molar-refractivity contribution is 5.92. The lowest BCUT2D eigenvalue weighted by Gasteiger charge is -2.32. The van der Waals surface area contributed by atoms with Crippen LogP contribution in [0.25, 0.3) is 0 Å². The molecule has 0 aliphatic heterocycles. The van der Waals surface area contributed by atoms with Gasteiger partial charge in [0, 0.05) is 19.5 Å². The highest BCUT2D eigenvalue weighted by atomic mass is 16.6. The van der Waals surface area contributed by atoms with Crippen molar-refractivity contribution in [3.63, 3.8) is 0 Å². The second-order valence-electron chi connectivity index (χ2n) is 9.85. The van der Waals surface area contributed by atoms with E-state index in [1.165, 1.54) is 11.9 Å². The van der Waals surface area contributed by atoms with Gasteiger partial charge in [0.15, 0.2) is 0 Å². The number of benzene rings is 1. The molecular weight excluding hydrogens is 448 g/mol. The summed E-state index contributed by atoms with van der Waals surface area (Å²) in [5.41, 5.74) is 6.26. The van der Waals surface area contributed by atoms with Crippen LogP contribution in [-0.2, 0) is 25.5 Å².